The summed E-state index contributed by atoms with van der Waals surface area (Å²) >= 11 is 0. The van der Waals surface area contributed by atoms with Crippen molar-refractivity contribution in [3.05, 3.63) is 42.5 Å². The molecule has 1 aromatic rings. The highest BCUT2D eigenvalue weighted by atomic mass is 16.2. The molecule has 1 aromatic carbocycles. The second kappa shape index (κ2) is 6.65. The van der Waals surface area contributed by atoms with E-state index in [-0.39, 0.29) is 5.91 Å². The van der Waals surface area contributed by atoms with E-state index in [4.69, 9.17) is 0 Å². The molecule has 0 aliphatic carbocycles. The summed E-state index contributed by atoms with van der Waals surface area (Å²) < 4.78 is 0. The molecule has 0 heterocycles. The lowest BCUT2D eigenvalue weighted by Gasteiger charge is -2.05. The van der Waals surface area contributed by atoms with E-state index in [1.165, 1.54) is 0 Å². The number of hydrazine groups is 1. The van der Waals surface area contributed by atoms with Gasteiger partial charge < -0.3 is 0 Å². The van der Waals surface area contributed by atoms with E-state index in [1.54, 1.807) is 6.08 Å². The Morgan fingerprint density at radius 3 is 2.73 bits per heavy atom. The van der Waals surface area contributed by atoms with E-state index < -0.39 is 0 Å². The van der Waals surface area contributed by atoms with Crippen LogP contribution >= 0.6 is 0 Å². The second-order valence-electron chi connectivity index (χ2n) is 3.17. The van der Waals surface area contributed by atoms with Crippen LogP contribution in [0.4, 0.5) is 5.69 Å². The Morgan fingerprint density at radius 1 is 1.33 bits per heavy atom. The van der Waals surface area contributed by atoms with E-state index in [0.717, 1.165) is 18.5 Å². The van der Waals surface area contributed by atoms with Gasteiger partial charge in [0.1, 0.15) is 0 Å². The molecule has 0 saturated carbocycles. The van der Waals surface area contributed by atoms with Gasteiger partial charge in [0.25, 0.3) is 5.91 Å². The van der Waals surface area contributed by atoms with Crippen molar-refractivity contribution >= 4 is 11.6 Å². The van der Waals surface area contributed by atoms with E-state index in [9.17, 15) is 4.79 Å². The Balaban J connectivity index is 2.28. The summed E-state index contributed by atoms with van der Waals surface area (Å²) in [5.74, 6) is -0.132. The first-order chi connectivity index (χ1) is 7.33. The molecule has 3 heteroatoms. The highest BCUT2D eigenvalue weighted by Gasteiger charge is 1.93. The highest BCUT2D eigenvalue weighted by Crippen LogP contribution is 2.02. The minimum absolute atomic E-state index is 0.132. The molecule has 0 unspecified atom stereocenters. The number of benzene rings is 1. The molecule has 0 radical (unpaired) electrons. The zero-order valence-corrected chi connectivity index (χ0v) is 8.86. The summed E-state index contributed by atoms with van der Waals surface area (Å²) in [4.78, 5) is 11.2. The lowest BCUT2D eigenvalue weighted by atomic mass is 10.3. The number of allylic oxidation sites excluding steroid dienone is 1. The average molecular weight is 204 g/mol. The topological polar surface area (TPSA) is 41.1 Å². The number of carbonyl (C=O) groups excluding carboxylic acids is 1. The Hall–Kier alpha value is -1.77. The molecule has 0 aliphatic rings. The van der Waals surface area contributed by atoms with Crippen molar-refractivity contribution in [2.45, 2.75) is 19.8 Å². The van der Waals surface area contributed by atoms with Gasteiger partial charge in [-0.25, -0.2) is 0 Å². The van der Waals surface area contributed by atoms with Crippen molar-refractivity contribution in [3.8, 4) is 0 Å². The Kier molecular flexibility index (Phi) is 5.01. The SMILES string of the molecule is CCC/C=C/C(=O)NNc1ccccc1. The smallest absolute Gasteiger partial charge is 0.261 e. The number of carbonyl (C=O) groups is 1. The van der Waals surface area contributed by atoms with Crippen LogP contribution in [0.2, 0.25) is 0 Å². The molecule has 1 rings (SSSR count). The number of anilines is 1. The van der Waals surface area contributed by atoms with Gasteiger partial charge in [0, 0.05) is 6.08 Å². The maximum Gasteiger partial charge on any atom is 0.261 e. The number of para-hydroxylation sites is 1. The zero-order valence-electron chi connectivity index (χ0n) is 8.86. The standard InChI is InChI=1S/C12H16N2O/c1-2-3-5-10-12(15)14-13-11-8-6-4-7-9-11/h4-10,13H,2-3H2,1H3,(H,14,15)/b10-5+. The van der Waals surface area contributed by atoms with Crippen molar-refractivity contribution in [3.63, 3.8) is 0 Å². The molecule has 0 bridgehead atoms. The van der Waals surface area contributed by atoms with Crippen LogP contribution in [0.5, 0.6) is 0 Å². The minimum atomic E-state index is -0.132. The molecule has 0 aliphatic heterocycles. The average Bonchev–Trinajstić information content (AvgIpc) is 2.28. The quantitative estimate of drug-likeness (QED) is 0.571. The third-order valence-corrected chi connectivity index (χ3v) is 1.83. The van der Waals surface area contributed by atoms with Gasteiger partial charge in [0.2, 0.25) is 0 Å². The number of hydrogen-bond acceptors (Lipinski definition) is 2. The fourth-order valence-electron chi connectivity index (χ4n) is 1.05. The molecule has 0 saturated heterocycles. The predicted molar refractivity (Wildman–Crippen MR) is 62.3 cm³/mol. The summed E-state index contributed by atoms with van der Waals surface area (Å²) in [7, 11) is 0. The summed E-state index contributed by atoms with van der Waals surface area (Å²) in [5.41, 5.74) is 6.27. The van der Waals surface area contributed by atoms with Gasteiger partial charge >= 0.3 is 0 Å². The molecule has 1 amide bonds. The van der Waals surface area contributed by atoms with Crippen molar-refractivity contribution < 1.29 is 4.79 Å². The first kappa shape index (κ1) is 11.3. The maximum atomic E-state index is 11.2. The van der Waals surface area contributed by atoms with Gasteiger partial charge in [-0.05, 0) is 18.6 Å². The van der Waals surface area contributed by atoms with Crippen molar-refractivity contribution in [2.75, 3.05) is 5.43 Å². The number of hydrogen-bond donors (Lipinski definition) is 2. The van der Waals surface area contributed by atoms with Crippen LogP contribution in [0.1, 0.15) is 19.8 Å². The van der Waals surface area contributed by atoms with Crippen molar-refractivity contribution in [2.24, 2.45) is 0 Å². The first-order valence-corrected chi connectivity index (χ1v) is 5.10. The van der Waals surface area contributed by atoms with Crippen LogP contribution in [-0.2, 0) is 4.79 Å². The summed E-state index contributed by atoms with van der Waals surface area (Å²) in [6.45, 7) is 2.07. The van der Waals surface area contributed by atoms with Gasteiger partial charge in [-0.2, -0.15) is 0 Å². The fourth-order valence-corrected chi connectivity index (χ4v) is 1.05. The lowest BCUT2D eigenvalue weighted by molar-refractivity contribution is -0.116. The Bertz CT molecular complexity index is 320. The summed E-state index contributed by atoms with van der Waals surface area (Å²) in [5, 5.41) is 0. The van der Waals surface area contributed by atoms with Crippen LogP contribution in [0, 0.1) is 0 Å². The van der Waals surface area contributed by atoms with Crippen molar-refractivity contribution in [1.82, 2.24) is 5.43 Å². The summed E-state index contributed by atoms with van der Waals surface area (Å²) in [6.07, 6.45) is 5.39. The number of unbranched alkanes of at least 4 members (excludes halogenated alkanes) is 1. The molecule has 0 atom stereocenters. The Morgan fingerprint density at radius 2 is 2.07 bits per heavy atom. The van der Waals surface area contributed by atoms with Gasteiger partial charge in [-0.15, -0.1) is 0 Å². The fraction of sp³-hybridized carbons (Fsp3) is 0.250. The zero-order chi connectivity index (χ0) is 10.9. The monoisotopic (exact) mass is 204 g/mol. The Labute approximate surface area is 90.2 Å². The van der Waals surface area contributed by atoms with Crippen molar-refractivity contribution in [1.29, 1.82) is 0 Å². The maximum absolute atomic E-state index is 11.2. The van der Waals surface area contributed by atoms with Crippen LogP contribution in [0.15, 0.2) is 42.5 Å². The minimum Gasteiger partial charge on any atom is -0.298 e. The molecule has 2 N–H and O–H groups in total. The van der Waals surface area contributed by atoms with E-state index in [2.05, 4.69) is 17.8 Å². The second-order valence-corrected chi connectivity index (χ2v) is 3.17. The molecule has 0 fully saturated rings. The molecule has 3 nitrogen and oxygen atoms in total. The van der Waals surface area contributed by atoms with Crippen LogP contribution < -0.4 is 10.9 Å². The van der Waals surface area contributed by atoms with Crippen LogP contribution in [-0.4, -0.2) is 5.91 Å². The molecule has 80 valence electrons. The highest BCUT2D eigenvalue weighted by molar-refractivity contribution is 5.88. The molecule has 15 heavy (non-hydrogen) atoms. The third-order valence-electron chi connectivity index (χ3n) is 1.83. The van der Waals surface area contributed by atoms with Gasteiger partial charge in [0.05, 0.1) is 5.69 Å². The third kappa shape index (κ3) is 4.86. The molecular weight excluding hydrogens is 188 g/mol. The number of nitrogens with one attached hydrogen (secondary N) is 2. The molecular formula is C12H16N2O. The summed E-state index contributed by atoms with van der Waals surface area (Å²) in [6, 6.07) is 9.50. The van der Waals surface area contributed by atoms with E-state index in [0.29, 0.717) is 0 Å². The van der Waals surface area contributed by atoms with E-state index >= 15 is 0 Å². The number of rotatable bonds is 5. The molecule has 0 spiro atoms. The van der Waals surface area contributed by atoms with Gasteiger partial charge in [-0.3, -0.25) is 15.6 Å². The first-order valence-electron chi connectivity index (χ1n) is 5.10. The van der Waals surface area contributed by atoms with Gasteiger partial charge in [0.15, 0.2) is 0 Å². The van der Waals surface area contributed by atoms with Gasteiger partial charge in [-0.1, -0.05) is 37.6 Å². The lowest BCUT2D eigenvalue weighted by Crippen LogP contribution is -2.27. The number of amides is 1. The van der Waals surface area contributed by atoms with Crippen LogP contribution in [0.3, 0.4) is 0 Å². The molecule has 0 aromatic heterocycles. The van der Waals surface area contributed by atoms with E-state index in [1.807, 2.05) is 36.4 Å². The largest absolute Gasteiger partial charge is 0.298 e. The van der Waals surface area contributed by atoms with Crippen LogP contribution in [0.25, 0.3) is 0 Å². The normalized spacial score (nSPS) is 10.2. The predicted octanol–water partition coefficient (Wildman–Crippen LogP) is 2.49.